The third-order valence-electron chi connectivity index (χ3n) is 6.93. The number of nitrogens with one attached hydrogen (secondary N) is 1. The van der Waals surface area contributed by atoms with Crippen molar-refractivity contribution < 1.29 is 23.7 Å². The summed E-state index contributed by atoms with van der Waals surface area (Å²) in [5.41, 5.74) is 5.64. The number of hydrogen-bond donors (Lipinski definition) is 1. The fourth-order valence-corrected chi connectivity index (χ4v) is 6.03. The molecule has 0 radical (unpaired) electrons. The smallest absolute Gasteiger partial charge is 0.411 e. The van der Waals surface area contributed by atoms with Crippen molar-refractivity contribution in [3.63, 3.8) is 0 Å². The van der Waals surface area contributed by atoms with Gasteiger partial charge in [0.15, 0.2) is 23.4 Å². The van der Waals surface area contributed by atoms with Gasteiger partial charge in [-0.15, -0.1) is 11.3 Å². The Hall–Kier alpha value is -5.37. The normalized spacial score (nSPS) is 14.1. The van der Waals surface area contributed by atoms with Gasteiger partial charge >= 0.3 is 6.09 Å². The first kappa shape index (κ1) is 27.5. The van der Waals surface area contributed by atoms with Gasteiger partial charge in [0.05, 0.1) is 41.7 Å². The van der Waals surface area contributed by atoms with E-state index >= 15 is 0 Å². The van der Waals surface area contributed by atoms with Crippen LogP contribution in [0.2, 0.25) is 0 Å². The first-order valence-electron chi connectivity index (χ1n) is 13.7. The zero-order chi connectivity index (χ0) is 30.4. The zero-order valence-corrected chi connectivity index (χ0v) is 25.0. The molecule has 222 valence electrons. The lowest BCUT2D eigenvalue weighted by atomic mass is 10.1. The van der Waals surface area contributed by atoms with Crippen LogP contribution in [0.3, 0.4) is 0 Å². The molecule has 1 atom stereocenters. The highest BCUT2D eigenvalue weighted by molar-refractivity contribution is 7.22. The highest BCUT2D eigenvalue weighted by Crippen LogP contribution is 2.46. The molecule has 44 heavy (non-hydrogen) atoms. The lowest BCUT2D eigenvalue weighted by Crippen LogP contribution is -2.35. The molecule has 4 aromatic heterocycles. The second kappa shape index (κ2) is 11.0. The molecule has 7 rings (SSSR count). The predicted molar refractivity (Wildman–Crippen MR) is 163 cm³/mol. The van der Waals surface area contributed by atoms with Crippen molar-refractivity contribution in [2.45, 2.75) is 26.9 Å². The van der Waals surface area contributed by atoms with Crippen molar-refractivity contribution in [3.8, 4) is 33.8 Å². The number of hydrogen-bond acceptors (Lipinski definition) is 12. The van der Waals surface area contributed by atoms with Gasteiger partial charge in [-0.3, -0.25) is 5.32 Å². The van der Waals surface area contributed by atoms with Gasteiger partial charge < -0.3 is 18.9 Å². The molecule has 1 amide bonds. The van der Waals surface area contributed by atoms with E-state index < -0.39 is 12.2 Å². The third-order valence-corrected chi connectivity index (χ3v) is 8.02. The summed E-state index contributed by atoms with van der Waals surface area (Å²) in [6.07, 6.45) is 3.58. The van der Waals surface area contributed by atoms with Crippen molar-refractivity contribution in [1.29, 1.82) is 0 Å². The van der Waals surface area contributed by atoms with Crippen molar-refractivity contribution in [2.75, 3.05) is 25.6 Å². The van der Waals surface area contributed by atoms with E-state index in [9.17, 15) is 4.79 Å². The Morgan fingerprint density at radius 1 is 1.09 bits per heavy atom. The van der Waals surface area contributed by atoms with E-state index in [4.69, 9.17) is 23.9 Å². The van der Waals surface area contributed by atoms with Crippen LogP contribution in [-0.2, 0) is 4.74 Å². The van der Waals surface area contributed by atoms with Gasteiger partial charge in [-0.05, 0) is 62.2 Å². The molecule has 0 saturated heterocycles. The minimum Gasteiger partial charge on any atom is -0.484 e. The van der Waals surface area contributed by atoms with E-state index in [2.05, 4.69) is 36.4 Å². The molecule has 13 nitrogen and oxygen atoms in total. The first-order valence-corrected chi connectivity index (χ1v) is 14.5. The monoisotopic (exact) mass is 610 g/mol. The molecular formula is C30H26N8O5S. The molecule has 2 aromatic carbocycles. The molecule has 0 aliphatic carbocycles. The molecular weight excluding hydrogens is 584 g/mol. The Balaban J connectivity index is 1.05. The zero-order valence-electron chi connectivity index (χ0n) is 24.2. The Labute approximate surface area is 254 Å². The van der Waals surface area contributed by atoms with Gasteiger partial charge in [-0.2, -0.15) is 5.10 Å². The maximum absolute atomic E-state index is 12.5. The molecule has 1 aliphatic heterocycles. The number of fused-ring (bicyclic) bond motifs is 4. The standard InChI is InChI=1S/C30H26N8O5S/c1-15-7-20(26-21(8-15)35-24(40-4)11-32-26)29-36-25-16(2)9-22-27(28(25)44-29)41-12-19(43-22)13-42-30(39)34-18-5-6-23(31-10-18)38-14-33-17(3)37-38/h5-11,14,19H,12-13H2,1-4H3,(H,34,39)/t19-/m1/s1. The SMILES string of the molecule is COc1cnc2c(-c3nc4c(C)cc5c(c4s3)OC[C@H](COC(=O)Nc3ccc(-n4cnc(C)n4)nc3)O5)cc(C)cc2n1. The van der Waals surface area contributed by atoms with E-state index in [-0.39, 0.29) is 13.2 Å². The van der Waals surface area contributed by atoms with Crippen LogP contribution in [0.25, 0.3) is 37.6 Å². The number of carbonyl (C=O) groups is 1. The molecule has 0 saturated carbocycles. The van der Waals surface area contributed by atoms with Crippen molar-refractivity contribution in [2.24, 2.45) is 0 Å². The summed E-state index contributed by atoms with van der Waals surface area (Å²) in [6, 6.07) is 9.36. The number of amides is 1. The molecule has 0 fully saturated rings. The number of aryl methyl sites for hydroxylation is 3. The van der Waals surface area contributed by atoms with Gasteiger partial charge in [0.1, 0.15) is 35.1 Å². The minimum atomic E-state index is -0.629. The first-order chi connectivity index (χ1) is 21.3. The number of aromatic nitrogens is 7. The lowest BCUT2D eigenvalue weighted by Gasteiger charge is -2.26. The van der Waals surface area contributed by atoms with E-state index in [0.29, 0.717) is 34.7 Å². The summed E-state index contributed by atoms with van der Waals surface area (Å²) in [5.74, 6) is 2.86. The molecule has 0 bridgehead atoms. The average molecular weight is 611 g/mol. The predicted octanol–water partition coefficient (Wildman–Crippen LogP) is 5.20. The Morgan fingerprint density at radius 2 is 1.98 bits per heavy atom. The topological polar surface area (TPSA) is 148 Å². The quantitative estimate of drug-likeness (QED) is 0.265. The highest BCUT2D eigenvalue weighted by atomic mass is 32.1. The van der Waals surface area contributed by atoms with Crippen molar-refractivity contribution in [1.82, 2.24) is 34.7 Å². The second-order valence-corrected chi connectivity index (χ2v) is 11.2. The van der Waals surface area contributed by atoms with Gasteiger partial charge in [0.25, 0.3) is 0 Å². The number of benzene rings is 2. The van der Waals surface area contributed by atoms with E-state index in [1.54, 1.807) is 43.4 Å². The summed E-state index contributed by atoms with van der Waals surface area (Å²) in [7, 11) is 1.57. The van der Waals surface area contributed by atoms with Gasteiger partial charge in [-0.25, -0.2) is 34.4 Å². The Bertz CT molecular complexity index is 2040. The number of carbonyl (C=O) groups excluding carboxylic acids is 1. The second-order valence-electron chi connectivity index (χ2n) is 10.2. The van der Waals surface area contributed by atoms with E-state index in [0.717, 1.165) is 42.9 Å². The number of anilines is 1. The van der Waals surface area contributed by atoms with Crippen LogP contribution in [-0.4, -0.2) is 67.2 Å². The minimum absolute atomic E-state index is 0.00252. The molecule has 1 N–H and O–H groups in total. The number of pyridine rings is 1. The van der Waals surface area contributed by atoms with Crippen molar-refractivity contribution >= 4 is 44.4 Å². The lowest BCUT2D eigenvalue weighted by molar-refractivity contribution is 0.0383. The largest absolute Gasteiger partial charge is 0.484 e. The van der Waals surface area contributed by atoms with E-state index in [1.165, 1.54) is 17.5 Å². The maximum Gasteiger partial charge on any atom is 0.411 e. The van der Waals surface area contributed by atoms with Gasteiger partial charge in [0, 0.05) is 5.56 Å². The highest BCUT2D eigenvalue weighted by Gasteiger charge is 2.27. The van der Waals surface area contributed by atoms with Crippen LogP contribution in [0.4, 0.5) is 10.5 Å². The summed E-state index contributed by atoms with van der Waals surface area (Å²) in [6.45, 7) is 5.99. The summed E-state index contributed by atoms with van der Waals surface area (Å²) in [4.78, 5) is 35.0. The Kier molecular flexibility index (Phi) is 6.89. The average Bonchev–Trinajstić information content (AvgIpc) is 3.67. The van der Waals surface area contributed by atoms with Crippen LogP contribution < -0.4 is 19.5 Å². The number of rotatable bonds is 6. The van der Waals surface area contributed by atoms with Crippen LogP contribution in [0.1, 0.15) is 17.0 Å². The summed E-state index contributed by atoms with van der Waals surface area (Å²) < 4.78 is 25.5. The summed E-state index contributed by atoms with van der Waals surface area (Å²) >= 11 is 1.51. The molecule has 1 aliphatic rings. The van der Waals surface area contributed by atoms with Crippen molar-refractivity contribution in [3.05, 3.63) is 66.0 Å². The van der Waals surface area contributed by atoms with Gasteiger partial charge in [-0.1, -0.05) is 0 Å². The number of ether oxygens (including phenoxy) is 4. The van der Waals surface area contributed by atoms with Crippen LogP contribution in [0.15, 0.2) is 49.1 Å². The molecule has 0 unspecified atom stereocenters. The van der Waals surface area contributed by atoms with Crippen LogP contribution in [0, 0.1) is 20.8 Å². The van der Waals surface area contributed by atoms with Gasteiger partial charge in [0.2, 0.25) is 5.88 Å². The Morgan fingerprint density at radius 3 is 2.75 bits per heavy atom. The fraction of sp³-hybridized carbons (Fsp3) is 0.233. The van der Waals surface area contributed by atoms with E-state index in [1.807, 2.05) is 26.0 Å². The molecule has 5 heterocycles. The molecule has 14 heteroatoms. The number of methoxy groups -OCH3 is 1. The number of nitrogens with zero attached hydrogens (tertiary/aromatic N) is 7. The molecule has 0 spiro atoms. The van der Waals surface area contributed by atoms with Crippen LogP contribution in [0.5, 0.6) is 17.4 Å². The van der Waals surface area contributed by atoms with Crippen LogP contribution >= 0.6 is 11.3 Å². The fourth-order valence-electron chi connectivity index (χ4n) is 4.88. The maximum atomic E-state index is 12.5. The third kappa shape index (κ3) is 5.19. The number of thiazole rings is 1. The summed E-state index contributed by atoms with van der Waals surface area (Å²) in [5, 5.41) is 7.69. The molecule has 6 aromatic rings.